The Morgan fingerprint density at radius 2 is 1.94 bits per heavy atom. The summed E-state index contributed by atoms with van der Waals surface area (Å²) in [5, 5.41) is 11.2. The van der Waals surface area contributed by atoms with E-state index in [4.69, 9.17) is 18.3 Å². The number of benzene rings is 1. The summed E-state index contributed by atoms with van der Waals surface area (Å²) in [5.41, 5.74) is 0.168. The van der Waals surface area contributed by atoms with E-state index in [-0.39, 0.29) is 23.4 Å². The number of carbonyl (C=O) groups excluding carboxylic acids is 2. The molecule has 2 aromatic heterocycles. The van der Waals surface area contributed by atoms with E-state index in [1.807, 2.05) is 0 Å². The van der Waals surface area contributed by atoms with Gasteiger partial charge in [0.2, 0.25) is 0 Å². The van der Waals surface area contributed by atoms with E-state index in [0.29, 0.717) is 28.8 Å². The average Bonchev–Trinajstić information content (AvgIpc) is 3.50. The van der Waals surface area contributed by atoms with Crippen LogP contribution in [0.2, 0.25) is 0 Å². The molecule has 0 saturated carbocycles. The molecule has 1 atom stereocenters. The van der Waals surface area contributed by atoms with Crippen molar-refractivity contribution in [1.82, 2.24) is 4.90 Å². The maximum atomic E-state index is 13.0. The van der Waals surface area contributed by atoms with Crippen molar-refractivity contribution < 1.29 is 33.0 Å². The second-order valence-corrected chi connectivity index (χ2v) is 7.02. The number of nitrogens with zero attached hydrogens (tertiary/aromatic N) is 1. The zero-order valence-electron chi connectivity index (χ0n) is 17.2. The van der Waals surface area contributed by atoms with Crippen LogP contribution >= 0.6 is 0 Å². The number of carbonyl (C=O) groups is 2. The summed E-state index contributed by atoms with van der Waals surface area (Å²) in [6.07, 6.45) is 1.49. The minimum Gasteiger partial charge on any atom is -0.507 e. The second kappa shape index (κ2) is 8.06. The highest BCUT2D eigenvalue weighted by molar-refractivity contribution is 6.46. The van der Waals surface area contributed by atoms with Crippen LogP contribution in [0.3, 0.4) is 0 Å². The number of amides is 1. The fourth-order valence-corrected chi connectivity index (χ4v) is 3.65. The van der Waals surface area contributed by atoms with E-state index in [1.54, 1.807) is 49.4 Å². The van der Waals surface area contributed by atoms with Crippen molar-refractivity contribution in [2.75, 3.05) is 14.2 Å². The van der Waals surface area contributed by atoms with Crippen molar-refractivity contribution in [1.29, 1.82) is 0 Å². The molecule has 8 heteroatoms. The normalized spacial score (nSPS) is 17.9. The van der Waals surface area contributed by atoms with Crippen LogP contribution in [0.25, 0.3) is 5.76 Å². The number of ketones is 1. The van der Waals surface area contributed by atoms with Gasteiger partial charge in [-0.25, -0.2) is 0 Å². The van der Waals surface area contributed by atoms with Crippen molar-refractivity contribution in [2.45, 2.75) is 19.5 Å². The Hall–Kier alpha value is -3.94. The molecule has 1 aliphatic rings. The average molecular weight is 423 g/mol. The molecule has 31 heavy (non-hydrogen) atoms. The van der Waals surface area contributed by atoms with Crippen LogP contribution in [-0.4, -0.2) is 35.9 Å². The molecule has 1 fully saturated rings. The van der Waals surface area contributed by atoms with E-state index >= 15 is 0 Å². The van der Waals surface area contributed by atoms with Crippen LogP contribution in [0.4, 0.5) is 0 Å². The van der Waals surface area contributed by atoms with E-state index < -0.39 is 17.7 Å². The van der Waals surface area contributed by atoms with Crippen molar-refractivity contribution >= 4 is 17.4 Å². The molecule has 0 radical (unpaired) electrons. The van der Waals surface area contributed by atoms with Crippen molar-refractivity contribution in [3.05, 3.63) is 77.1 Å². The first-order chi connectivity index (χ1) is 14.9. The first-order valence-corrected chi connectivity index (χ1v) is 9.54. The Balaban J connectivity index is 1.88. The predicted molar refractivity (Wildman–Crippen MR) is 110 cm³/mol. The first-order valence-electron chi connectivity index (χ1n) is 9.54. The zero-order chi connectivity index (χ0) is 22.1. The molecule has 8 nitrogen and oxygen atoms in total. The highest BCUT2D eigenvalue weighted by atomic mass is 16.5. The molecule has 1 N–H and O–H groups in total. The van der Waals surface area contributed by atoms with Crippen LogP contribution in [0.15, 0.2) is 63.1 Å². The molecule has 160 valence electrons. The van der Waals surface area contributed by atoms with E-state index in [1.165, 1.54) is 25.4 Å². The van der Waals surface area contributed by atoms with Gasteiger partial charge in [-0.1, -0.05) is 0 Å². The maximum absolute atomic E-state index is 13.0. The predicted octanol–water partition coefficient (Wildman–Crippen LogP) is 3.82. The lowest BCUT2D eigenvalue weighted by Crippen LogP contribution is -2.28. The summed E-state index contributed by atoms with van der Waals surface area (Å²) >= 11 is 0. The monoisotopic (exact) mass is 423 g/mol. The van der Waals surface area contributed by atoms with Crippen molar-refractivity contribution in [2.24, 2.45) is 0 Å². The second-order valence-electron chi connectivity index (χ2n) is 7.02. The number of ether oxygens (including phenoxy) is 2. The van der Waals surface area contributed by atoms with Gasteiger partial charge in [-0.2, -0.15) is 0 Å². The van der Waals surface area contributed by atoms with Gasteiger partial charge < -0.3 is 28.3 Å². The standard InChI is InChI=1S/C23H21NO7/c1-13-6-9-17(31-13)20-19(21(25)16-8-7-14(28-2)11-18(16)29-3)22(26)23(27)24(20)12-15-5-4-10-30-15/h4-11,20,25H,12H2,1-3H3/b21-19-. The van der Waals surface area contributed by atoms with Gasteiger partial charge >= 0.3 is 0 Å². The third-order valence-electron chi connectivity index (χ3n) is 5.14. The van der Waals surface area contributed by atoms with Crippen LogP contribution in [0.5, 0.6) is 11.5 Å². The van der Waals surface area contributed by atoms with Gasteiger partial charge in [0.25, 0.3) is 11.7 Å². The van der Waals surface area contributed by atoms with Gasteiger partial charge in [-0.15, -0.1) is 0 Å². The molecule has 1 aromatic carbocycles. The minimum atomic E-state index is -0.925. The molecule has 4 rings (SSSR count). The molecule has 1 unspecified atom stereocenters. The summed E-state index contributed by atoms with van der Waals surface area (Å²) in [4.78, 5) is 27.3. The topological polar surface area (TPSA) is 102 Å². The Morgan fingerprint density at radius 1 is 1.13 bits per heavy atom. The van der Waals surface area contributed by atoms with Gasteiger partial charge in [0, 0.05) is 6.07 Å². The largest absolute Gasteiger partial charge is 0.507 e. The van der Waals surface area contributed by atoms with Crippen molar-refractivity contribution in [3.8, 4) is 11.5 Å². The van der Waals surface area contributed by atoms with Crippen LogP contribution in [-0.2, 0) is 16.1 Å². The maximum Gasteiger partial charge on any atom is 0.296 e. The zero-order valence-corrected chi connectivity index (χ0v) is 17.2. The van der Waals surface area contributed by atoms with Gasteiger partial charge in [0.1, 0.15) is 40.6 Å². The lowest BCUT2D eigenvalue weighted by Gasteiger charge is -2.22. The van der Waals surface area contributed by atoms with Gasteiger partial charge in [0.05, 0.1) is 38.2 Å². The summed E-state index contributed by atoms with van der Waals surface area (Å²) in [6, 6.07) is 10.7. The van der Waals surface area contributed by atoms with E-state index in [0.717, 1.165) is 0 Å². The van der Waals surface area contributed by atoms with Gasteiger partial charge in [0.15, 0.2) is 0 Å². The summed E-state index contributed by atoms with van der Waals surface area (Å²) in [6.45, 7) is 1.80. The molecule has 1 saturated heterocycles. The van der Waals surface area contributed by atoms with E-state index in [2.05, 4.69) is 0 Å². The number of hydrogen-bond donors (Lipinski definition) is 1. The number of aryl methyl sites for hydroxylation is 1. The van der Waals surface area contributed by atoms with Crippen LogP contribution < -0.4 is 9.47 Å². The number of aliphatic hydroxyl groups is 1. The molecular weight excluding hydrogens is 402 g/mol. The molecule has 0 spiro atoms. The molecule has 1 amide bonds. The number of methoxy groups -OCH3 is 2. The SMILES string of the molecule is COc1ccc(/C(O)=C2/C(=O)C(=O)N(Cc3ccco3)C2c2ccc(C)o2)c(OC)c1. The summed E-state index contributed by atoms with van der Waals surface area (Å²) < 4.78 is 21.7. The number of rotatable bonds is 6. The number of aliphatic hydroxyl groups excluding tert-OH is 1. The van der Waals surface area contributed by atoms with Crippen molar-refractivity contribution in [3.63, 3.8) is 0 Å². The lowest BCUT2D eigenvalue weighted by molar-refractivity contribution is -0.140. The number of furan rings is 2. The Morgan fingerprint density at radius 3 is 2.55 bits per heavy atom. The number of likely N-dealkylation sites (tertiary alicyclic amines) is 1. The van der Waals surface area contributed by atoms with E-state index in [9.17, 15) is 14.7 Å². The van der Waals surface area contributed by atoms with Gasteiger partial charge in [-0.05, 0) is 43.3 Å². The Kier molecular flexibility index (Phi) is 5.29. The number of Topliss-reactive ketones (excluding diaryl/α,β-unsaturated/α-hetero) is 1. The minimum absolute atomic E-state index is 0.0402. The molecule has 0 aliphatic carbocycles. The van der Waals surface area contributed by atoms with Crippen LogP contribution in [0, 0.1) is 6.92 Å². The third kappa shape index (κ3) is 3.56. The highest BCUT2D eigenvalue weighted by Crippen LogP contribution is 2.42. The van der Waals surface area contributed by atoms with Crippen LogP contribution in [0.1, 0.15) is 28.9 Å². The third-order valence-corrected chi connectivity index (χ3v) is 5.14. The molecule has 1 aliphatic heterocycles. The highest BCUT2D eigenvalue weighted by Gasteiger charge is 2.48. The molecule has 3 aromatic rings. The fourth-order valence-electron chi connectivity index (χ4n) is 3.65. The number of hydrogen-bond acceptors (Lipinski definition) is 7. The smallest absolute Gasteiger partial charge is 0.296 e. The molecule has 0 bridgehead atoms. The first kappa shape index (κ1) is 20.3. The Labute approximate surface area is 178 Å². The summed E-state index contributed by atoms with van der Waals surface area (Å²) in [7, 11) is 2.95. The lowest BCUT2D eigenvalue weighted by atomic mass is 9.98. The Bertz CT molecular complexity index is 1160. The quantitative estimate of drug-likeness (QED) is 0.365. The summed E-state index contributed by atoms with van der Waals surface area (Å²) in [5.74, 6) is 0.341. The van der Waals surface area contributed by atoms with Gasteiger partial charge in [-0.3, -0.25) is 9.59 Å². The fraction of sp³-hybridized carbons (Fsp3) is 0.217. The molecule has 3 heterocycles. The molecular formula is C23H21NO7.